The smallest absolute Gasteiger partial charge is 0.261 e. The van der Waals surface area contributed by atoms with E-state index in [9.17, 15) is 22.4 Å². The third-order valence-electron chi connectivity index (χ3n) is 5.57. The van der Waals surface area contributed by atoms with Crippen molar-refractivity contribution in [1.82, 2.24) is 19.9 Å². The average molecular weight is 452 g/mol. The zero-order valence-corrected chi connectivity index (χ0v) is 17.5. The lowest BCUT2D eigenvalue weighted by atomic mass is 10.0. The molecule has 2 aromatic carbocycles. The first-order valence-corrected chi connectivity index (χ1v) is 11.7. The Morgan fingerprint density at radius 1 is 1.00 bits per heavy atom. The molecule has 0 bridgehead atoms. The van der Waals surface area contributed by atoms with E-state index in [0.29, 0.717) is 33.6 Å². The number of fused-ring (bicyclic) bond motifs is 1. The second kappa shape index (κ2) is 7.49. The van der Waals surface area contributed by atoms with Crippen LogP contribution >= 0.6 is 0 Å². The van der Waals surface area contributed by atoms with Crippen molar-refractivity contribution in [2.75, 3.05) is 11.5 Å². The van der Waals surface area contributed by atoms with Crippen molar-refractivity contribution in [1.29, 1.82) is 0 Å². The van der Waals surface area contributed by atoms with Crippen molar-refractivity contribution in [2.24, 2.45) is 0 Å². The van der Waals surface area contributed by atoms with Crippen LogP contribution in [0.2, 0.25) is 0 Å². The van der Waals surface area contributed by atoms with Crippen LogP contribution in [0.3, 0.4) is 0 Å². The summed E-state index contributed by atoms with van der Waals surface area (Å²) < 4.78 is 39.3. The summed E-state index contributed by atoms with van der Waals surface area (Å²) in [6, 6.07) is 11.1. The molecule has 0 radical (unpaired) electrons. The molecule has 10 heteroatoms. The fourth-order valence-electron chi connectivity index (χ4n) is 3.87. The van der Waals surface area contributed by atoms with Crippen LogP contribution in [-0.2, 0) is 16.4 Å². The summed E-state index contributed by atoms with van der Waals surface area (Å²) in [7, 11) is -3.09. The van der Waals surface area contributed by atoms with Gasteiger partial charge in [0.15, 0.2) is 9.84 Å². The molecule has 2 aliphatic heterocycles. The first kappa shape index (κ1) is 20.3. The van der Waals surface area contributed by atoms with Crippen LogP contribution in [0.1, 0.15) is 38.4 Å². The number of sulfone groups is 1. The van der Waals surface area contributed by atoms with Crippen LogP contribution in [0.5, 0.6) is 0 Å². The molecule has 0 aliphatic carbocycles. The number of halogens is 1. The minimum Gasteiger partial charge on any atom is -0.269 e. The number of amides is 2. The van der Waals surface area contributed by atoms with Gasteiger partial charge in [0.2, 0.25) is 0 Å². The van der Waals surface area contributed by atoms with Gasteiger partial charge in [-0.3, -0.25) is 14.5 Å². The fourth-order valence-corrected chi connectivity index (χ4v) is 5.02. The van der Waals surface area contributed by atoms with Crippen LogP contribution in [0.15, 0.2) is 54.7 Å². The highest BCUT2D eigenvalue weighted by atomic mass is 32.2. The quantitative estimate of drug-likeness (QED) is 0.564. The maximum absolute atomic E-state index is 14.8. The van der Waals surface area contributed by atoms with Crippen LogP contribution in [0.4, 0.5) is 4.39 Å². The molecule has 5 rings (SSSR count). The molecule has 162 valence electrons. The number of hydrogen-bond acceptors (Lipinski definition) is 6. The molecular formula is C22H17FN4O4S. The highest BCUT2D eigenvalue weighted by Crippen LogP contribution is 2.27. The lowest BCUT2D eigenvalue weighted by Crippen LogP contribution is -2.29. The molecule has 2 aliphatic rings. The Balaban J connectivity index is 1.35. The van der Waals surface area contributed by atoms with Crippen molar-refractivity contribution >= 4 is 27.2 Å². The third kappa shape index (κ3) is 3.52. The topological polar surface area (TPSA) is 102 Å². The number of nitrogens with zero attached hydrogens (tertiary/aromatic N) is 4. The number of aromatic nitrogens is 3. The first-order chi connectivity index (χ1) is 15.3. The molecule has 1 aromatic heterocycles. The molecule has 3 heterocycles. The number of carbonyl (C=O) groups excluding carboxylic acids is 2. The van der Waals surface area contributed by atoms with Crippen molar-refractivity contribution < 1.29 is 22.4 Å². The van der Waals surface area contributed by atoms with Gasteiger partial charge >= 0.3 is 0 Å². The standard InChI is InChI=1S/C22H17FN4O4S/c23-20-11-16(5-6-17(20)14-7-9-32(30,31)10-8-14)27-13-15(24-25-27)12-26-21(28)18-3-1-2-4-19(18)22(26)29/h1-7,11,13H,8-10,12H2. The van der Waals surface area contributed by atoms with Gasteiger partial charge in [-0.15, -0.1) is 5.10 Å². The maximum atomic E-state index is 14.8. The lowest BCUT2D eigenvalue weighted by Gasteiger charge is -2.15. The number of allylic oxidation sites excluding steroid dienone is 1. The predicted molar refractivity (Wildman–Crippen MR) is 113 cm³/mol. The van der Waals surface area contributed by atoms with Crippen molar-refractivity contribution in [3.05, 3.63) is 82.9 Å². The summed E-state index contributed by atoms with van der Waals surface area (Å²) >= 11 is 0. The number of rotatable bonds is 4. The molecule has 32 heavy (non-hydrogen) atoms. The Bertz CT molecular complexity index is 1380. The molecule has 0 saturated carbocycles. The van der Waals surface area contributed by atoms with Crippen LogP contribution in [-0.4, -0.2) is 51.6 Å². The molecule has 2 amide bonds. The molecule has 0 saturated heterocycles. The molecule has 0 N–H and O–H groups in total. The fraction of sp³-hybridized carbons (Fsp3) is 0.182. The van der Waals surface area contributed by atoms with E-state index < -0.39 is 27.5 Å². The van der Waals surface area contributed by atoms with E-state index in [2.05, 4.69) is 10.3 Å². The van der Waals surface area contributed by atoms with Gasteiger partial charge in [0.1, 0.15) is 11.5 Å². The Hall–Kier alpha value is -3.66. The van der Waals surface area contributed by atoms with Gasteiger partial charge in [-0.05, 0) is 36.3 Å². The van der Waals surface area contributed by atoms with E-state index in [4.69, 9.17) is 0 Å². The zero-order chi connectivity index (χ0) is 22.5. The van der Waals surface area contributed by atoms with Gasteiger partial charge in [-0.1, -0.05) is 23.4 Å². The van der Waals surface area contributed by atoms with E-state index in [1.165, 1.54) is 16.9 Å². The molecule has 3 aromatic rings. The Morgan fingerprint density at radius 3 is 2.34 bits per heavy atom. The summed E-state index contributed by atoms with van der Waals surface area (Å²) in [4.78, 5) is 26.1. The van der Waals surface area contributed by atoms with E-state index in [0.717, 1.165) is 4.90 Å². The van der Waals surface area contributed by atoms with Gasteiger partial charge in [-0.2, -0.15) is 0 Å². The summed E-state index contributed by atoms with van der Waals surface area (Å²) in [5, 5.41) is 8.00. The second-order valence-corrected chi connectivity index (χ2v) is 9.88. The molecule has 0 fully saturated rings. The number of hydrogen-bond donors (Lipinski definition) is 0. The SMILES string of the molecule is O=C1c2ccccc2C(=O)N1Cc1cn(-c2ccc(C3=CCS(=O)(=O)CC3)c(F)c2)nn1. The predicted octanol–water partition coefficient (Wildman–Crippen LogP) is 2.40. The number of carbonyl (C=O) groups is 2. The molecular weight excluding hydrogens is 435 g/mol. The molecule has 0 spiro atoms. The largest absolute Gasteiger partial charge is 0.269 e. The summed E-state index contributed by atoms with van der Waals surface area (Å²) in [5.41, 5.74) is 2.52. The van der Waals surface area contributed by atoms with E-state index >= 15 is 0 Å². The average Bonchev–Trinajstić information content (AvgIpc) is 3.34. The van der Waals surface area contributed by atoms with Crippen LogP contribution in [0.25, 0.3) is 11.3 Å². The minimum absolute atomic E-state index is 0.00424. The maximum Gasteiger partial charge on any atom is 0.261 e. The molecule has 0 atom stereocenters. The van der Waals surface area contributed by atoms with Crippen LogP contribution < -0.4 is 0 Å². The van der Waals surface area contributed by atoms with Crippen LogP contribution in [0, 0.1) is 5.82 Å². The number of benzene rings is 2. The summed E-state index contributed by atoms with van der Waals surface area (Å²) in [5.74, 6) is -1.36. The molecule has 8 nitrogen and oxygen atoms in total. The monoisotopic (exact) mass is 452 g/mol. The van der Waals surface area contributed by atoms with Gasteiger partial charge in [0.25, 0.3) is 11.8 Å². The van der Waals surface area contributed by atoms with Gasteiger partial charge in [0.05, 0.1) is 41.1 Å². The van der Waals surface area contributed by atoms with E-state index in [1.807, 2.05) is 0 Å². The highest BCUT2D eigenvalue weighted by Gasteiger charge is 2.35. The van der Waals surface area contributed by atoms with Crippen molar-refractivity contribution in [3.8, 4) is 5.69 Å². The van der Waals surface area contributed by atoms with Gasteiger partial charge in [-0.25, -0.2) is 17.5 Å². The first-order valence-electron chi connectivity index (χ1n) is 9.88. The van der Waals surface area contributed by atoms with Gasteiger partial charge < -0.3 is 0 Å². The Labute approximate surface area is 182 Å². The lowest BCUT2D eigenvalue weighted by molar-refractivity contribution is 0.0640. The van der Waals surface area contributed by atoms with Crippen molar-refractivity contribution in [3.63, 3.8) is 0 Å². The zero-order valence-electron chi connectivity index (χ0n) is 16.7. The third-order valence-corrected chi connectivity index (χ3v) is 7.07. The van der Waals surface area contributed by atoms with E-state index in [1.54, 1.807) is 42.5 Å². The van der Waals surface area contributed by atoms with E-state index in [-0.39, 0.29) is 24.5 Å². The number of imide groups is 1. The minimum atomic E-state index is -3.09. The summed E-state index contributed by atoms with van der Waals surface area (Å²) in [6.07, 6.45) is 3.35. The highest BCUT2D eigenvalue weighted by molar-refractivity contribution is 7.91. The van der Waals surface area contributed by atoms with Gasteiger partial charge in [0, 0.05) is 11.6 Å². The normalized spacial score (nSPS) is 17.4. The Kier molecular flexibility index (Phi) is 4.74. The van der Waals surface area contributed by atoms with Crippen molar-refractivity contribution in [2.45, 2.75) is 13.0 Å². The molecule has 0 unspecified atom stereocenters. The summed E-state index contributed by atoms with van der Waals surface area (Å²) in [6.45, 7) is -0.0473. The second-order valence-electron chi connectivity index (χ2n) is 7.65. The Morgan fingerprint density at radius 2 is 1.72 bits per heavy atom.